The van der Waals surface area contributed by atoms with E-state index in [1.165, 1.54) is 0 Å². The van der Waals surface area contributed by atoms with Crippen LogP contribution in [-0.2, 0) is 0 Å². The first kappa shape index (κ1) is 6.33. The lowest BCUT2D eigenvalue weighted by atomic mass is 11.0. The summed E-state index contributed by atoms with van der Waals surface area (Å²) in [6.45, 7) is 0. The van der Waals surface area contributed by atoms with Crippen LogP contribution in [0.5, 0.6) is 0 Å². The van der Waals surface area contributed by atoms with E-state index >= 15 is 0 Å². The first-order chi connectivity index (χ1) is 4.61. The summed E-state index contributed by atoms with van der Waals surface area (Å²) in [7, 11) is 0. The lowest BCUT2D eigenvalue weighted by Gasteiger charge is -1.89. The van der Waals surface area contributed by atoms with E-state index in [-0.39, 0.29) is 4.68 Å². The molecule has 0 aliphatic rings. The zero-order valence-corrected chi connectivity index (χ0v) is 4.75. The monoisotopic (exact) mass is 144 g/mol. The summed E-state index contributed by atoms with van der Waals surface area (Å²) in [5.41, 5.74) is -2.74. The number of nitrogens with two attached hydrogens (primary N) is 1. The summed E-state index contributed by atoms with van der Waals surface area (Å²) in [5.74, 6) is 4.84. The van der Waals surface area contributed by atoms with Crippen molar-refractivity contribution >= 4 is 0 Å². The Hall–Kier alpha value is -1.79. The highest BCUT2D eigenvalue weighted by molar-refractivity contribution is 4.66. The molecule has 0 bridgehead atoms. The number of aromatic amines is 2. The highest BCUT2D eigenvalue weighted by Crippen LogP contribution is 1.37. The molecule has 4 N–H and O–H groups in total. The minimum Gasteiger partial charge on any atom is -0.331 e. The van der Waals surface area contributed by atoms with E-state index in [1.807, 2.05) is 0 Å². The topological polar surface area (TPSA) is 114 Å². The van der Waals surface area contributed by atoms with Gasteiger partial charge in [-0.3, -0.25) is 9.97 Å². The summed E-state index contributed by atoms with van der Waals surface area (Å²) in [5, 5.41) is 0. The van der Waals surface area contributed by atoms with Crippen molar-refractivity contribution in [3.63, 3.8) is 0 Å². The first-order valence-electron chi connectivity index (χ1n) is 2.32. The van der Waals surface area contributed by atoms with Gasteiger partial charge in [-0.15, -0.1) is 0 Å². The van der Waals surface area contributed by atoms with E-state index in [1.54, 1.807) is 9.97 Å². The molecule has 0 saturated heterocycles. The minimum atomic E-state index is -0.936. The second kappa shape index (κ2) is 1.87. The van der Waals surface area contributed by atoms with Crippen molar-refractivity contribution in [2.45, 2.75) is 0 Å². The summed E-state index contributed by atoms with van der Waals surface area (Å²) < 4.78 is 0.265. The molecule has 54 valence electrons. The minimum absolute atomic E-state index is 0.265. The number of nitrogens with one attached hydrogen (secondary N) is 2. The number of hydrogen-bond donors (Lipinski definition) is 3. The van der Waals surface area contributed by atoms with Gasteiger partial charge < -0.3 is 5.84 Å². The van der Waals surface area contributed by atoms with E-state index in [0.29, 0.717) is 0 Å². The highest BCUT2D eigenvalue weighted by atomic mass is 16.2. The predicted molar refractivity (Wildman–Crippen MR) is 32.1 cm³/mol. The molecule has 0 aromatic carbocycles. The van der Waals surface area contributed by atoms with Crippen molar-refractivity contribution in [3.05, 3.63) is 31.5 Å². The molecule has 0 saturated carbocycles. The van der Waals surface area contributed by atoms with E-state index in [4.69, 9.17) is 5.84 Å². The zero-order valence-electron chi connectivity index (χ0n) is 4.75. The smallest absolute Gasteiger partial charge is 0.331 e. The highest BCUT2D eigenvalue weighted by Gasteiger charge is 1.94. The van der Waals surface area contributed by atoms with Crippen LogP contribution in [0.1, 0.15) is 0 Å². The molecule has 0 amide bonds. The van der Waals surface area contributed by atoms with Crippen LogP contribution >= 0.6 is 0 Å². The van der Waals surface area contributed by atoms with Gasteiger partial charge in [0.25, 0.3) is 0 Å². The summed E-state index contributed by atoms with van der Waals surface area (Å²) in [6, 6.07) is 0. The second-order valence-electron chi connectivity index (χ2n) is 1.56. The van der Waals surface area contributed by atoms with E-state index in [9.17, 15) is 14.4 Å². The van der Waals surface area contributed by atoms with Gasteiger partial charge in [-0.25, -0.2) is 14.4 Å². The Balaban J connectivity index is 3.80. The third-order valence-electron chi connectivity index (χ3n) is 0.879. The standard InChI is InChI=1S/C3H4N4O3/c4-7-2(9)5-1(8)6-3(7)10/h4H2,(H2,5,6,8,9,10). The molecule has 10 heavy (non-hydrogen) atoms. The normalized spacial score (nSPS) is 9.60. The molecule has 0 unspecified atom stereocenters. The lowest BCUT2D eigenvalue weighted by Crippen LogP contribution is -2.47. The van der Waals surface area contributed by atoms with Gasteiger partial charge in [0.2, 0.25) is 0 Å². The maximum absolute atomic E-state index is 10.4. The van der Waals surface area contributed by atoms with Crippen LogP contribution < -0.4 is 22.9 Å². The number of rotatable bonds is 0. The number of nitrogens with zero attached hydrogens (tertiary/aromatic N) is 1. The first-order valence-corrected chi connectivity index (χ1v) is 2.32. The maximum atomic E-state index is 10.4. The average molecular weight is 144 g/mol. The van der Waals surface area contributed by atoms with Crippen LogP contribution in [0.25, 0.3) is 0 Å². The van der Waals surface area contributed by atoms with Gasteiger partial charge in [0.15, 0.2) is 0 Å². The third kappa shape index (κ3) is 0.835. The number of aromatic nitrogens is 3. The zero-order chi connectivity index (χ0) is 7.72. The number of hydrogen-bond acceptors (Lipinski definition) is 4. The largest absolute Gasteiger partial charge is 0.352 e. The van der Waals surface area contributed by atoms with Gasteiger partial charge in [0, 0.05) is 0 Å². The Morgan fingerprint density at radius 1 is 1.10 bits per heavy atom. The molecule has 0 atom stereocenters. The van der Waals surface area contributed by atoms with Crippen molar-refractivity contribution in [1.82, 2.24) is 14.6 Å². The second-order valence-corrected chi connectivity index (χ2v) is 1.56. The third-order valence-corrected chi connectivity index (χ3v) is 0.879. The van der Waals surface area contributed by atoms with Gasteiger partial charge in [-0.1, -0.05) is 0 Å². The Labute approximate surface area is 53.1 Å². The molecule has 1 rings (SSSR count). The van der Waals surface area contributed by atoms with Crippen LogP contribution in [0.2, 0.25) is 0 Å². The Kier molecular flexibility index (Phi) is 1.18. The quantitative estimate of drug-likeness (QED) is 0.335. The van der Waals surface area contributed by atoms with Crippen LogP contribution in [0.4, 0.5) is 0 Å². The van der Waals surface area contributed by atoms with Gasteiger partial charge in [0.1, 0.15) is 0 Å². The van der Waals surface area contributed by atoms with Crippen LogP contribution in [0, 0.1) is 0 Å². The SMILES string of the molecule is Nn1c(=O)[nH]c(=O)[nH]c1=O. The molecule has 1 aromatic heterocycles. The van der Waals surface area contributed by atoms with Crippen LogP contribution in [-0.4, -0.2) is 14.6 Å². The van der Waals surface area contributed by atoms with Gasteiger partial charge in [0.05, 0.1) is 0 Å². The molecule has 0 spiro atoms. The van der Waals surface area contributed by atoms with Gasteiger partial charge >= 0.3 is 17.1 Å². The number of nitrogen functional groups attached to an aromatic ring is 1. The molecule has 7 heteroatoms. The molecular formula is C3H4N4O3. The van der Waals surface area contributed by atoms with Crippen molar-refractivity contribution in [1.29, 1.82) is 0 Å². The van der Waals surface area contributed by atoms with Crippen molar-refractivity contribution in [2.24, 2.45) is 0 Å². The molecule has 1 aromatic rings. The van der Waals surface area contributed by atoms with Crippen LogP contribution in [0.15, 0.2) is 14.4 Å². The van der Waals surface area contributed by atoms with E-state index in [0.717, 1.165) is 0 Å². The van der Waals surface area contributed by atoms with Crippen molar-refractivity contribution < 1.29 is 0 Å². The van der Waals surface area contributed by atoms with E-state index in [2.05, 4.69) is 0 Å². The Morgan fingerprint density at radius 3 is 1.90 bits per heavy atom. The van der Waals surface area contributed by atoms with Crippen molar-refractivity contribution in [2.75, 3.05) is 5.84 Å². The van der Waals surface area contributed by atoms with Crippen LogP contribution in [0.3, 0.4) is 0 Å². The molecule has 7 nitrogen and oxygen atoms in total. The fourth-order valence-corrected chi connectivity index (χ4v) is 0.438. The molecular weight excluding hydrogens is 140 g/mol. The molecule has 0 aliphatic heterocycles. The Morgan fingerprint density at radius 2 is 1.50 bits per heavy atom. The Bertz CT molecular complexity index is 361. The average Bonchev–Trinajstić information content (AvgIpc) is 1.82. The maximum Gasteiger partial charge on any atom is 0.352 e. The van der Waals surface area contributed by atoms with Gasteiger partial charge in [-0.05, 0) is 0 Å². The number of H-pyrrole nitrogens is 2. The van der Waals surface area contributed by atoms with Crippen molar-refractivity contribution in [3.8, 4) is 0 Å². The fraction of sp³-hybridized carbons (Fsp3) is 0. The lowest BCUT2D eigenvalue weighted by molar-refractivity contribution is 0.753. The fourth-order valence-electron chi connectivity index (χ4n) is 0.438. The summed E-state index contributed by atoms with van der Waals surface area (Å²) in [6.07, 6.45) is 0. The molecule has 0 aliphatic carbocycles. The summed E-state index contributed by atoms with van der Waals surface area (Å²) >= 11 is 0. The molecule has 1 heterocycles. The summed E-state index contributed by atoms with van der Waals surface area (Å²) in [4.78, 5) is 34.6. The van der Waals surface area contributed by atoms with E-state index < -0.39 is 17.1 Å². The van der Waals surface area contributed by atoms with Gasteiger partial charge in [-0.2, -0.15) is 4.68 Å². The molecule has 0 radical (unpaired) electrons. The molecule has 0 fully saturated rings. The predicted octanol–water partition coefficient (Wildman–Crippen LogP) is -3.06.